The third kappa shape index (κ3) is 2.70. The number of rotatable bonds is 3. The number of ether oxygens (including phenoxy) is 3. The van der Waals surface area contributed by atoms with Crippen molar-refractivity contribution in [3.8, 4) is 11.5 Å². The maximum atomic E-state index is 6.16. The topological polar surface area (TPSA) is 53.7 Å². The van der Waals surface area contributed by atoms with Crippen LogP contribution in [0.25, 0.3) is 0 Å². The number of nitrogen functional groups attached to an aromatic ring is 1. The fourth-order valence-electron chi connectivity index (χ4n) is 3.41. The number of hydrogen-bond donors (Lipinski definition) is 1. The Morgan fingerprint density at radius 2 is 2.05 bits per heavy atom. The molecule has 110 valence electrons. The molecule has 20 heavy (non-hydrogen) atoms. The summed E-state index contributed by atoms with van der Waals surface area (Å²) in [5.74, 6) is 1.48. The van der Waals surface area contributed by atoms with Crippen LogP contribution in [0.1, 0.15) is 38.5 Å². The Balaban J connectivity index is 1.71. The molecule has 1 saturated carbocycles. The maximum absolute atomic E-state index is 6.16. The van der Waals surface area contributed by atoms with Gasteiger partial charge in [0.2, 0.25) is 0 Å². The normalized spacial score (nSPS) is 24.8. The summed E-state index contributed by atoms with van der Waals surface area (Å²) in [5, 5.41) is 0. The van der Waals surface area contributed by atoms with Gasteiger partial charge >= 0.3 is 0 Å². The molecule has 1 spiro atoms. The average molecular weight is 277 g/mol. The highest BCUT2D eigenvalue weighted by Gasteiger charge is 2.40. The molecule has 1 unspecified atom stereocenters. The number of benzene rings is 1. The Morgan fingerprint density at radius 1 is 1.25 bits per heavy atom. The van der Waals surface area contributed by atoms with E-state index in [0.717, 1.165) is 25.2 Å². The number of anilines is 1. The van der Waals surface area contributed by atoms with Crippen LogP contribution in [0.4, 0.5) is 5.69 Å². The summed E-state index contributed by atoms with van der Waals surface area (Å²) in [4.78, 5) is 0. The van der Waals surface area contributed by atoms with Crippen molar-refractivity contribution >= 4 is 5.69 Å². The van der Waals surface area contributed by atoms with Crippen molar-refractivity contribution in [1.82, 2.24) is 0 Å². The van der Waals surface area contributed by atoms with Crippen LogP contribution in [0.5, 0.6) is 11.5 Å². The lowest BCUT2D eigenvalue weighted by atomic mass is 9.90. The molecule has 1 aromatic rings. The zero-order valence-electron chi connectivity index (χ0n) is 12.1. The smallest absolute Gasteiger partial charge is 0.162 e. The first-order valence-corrected chi connectivity index (χ1v) is 7.45. The van der Waals surface area contributed by atoms with Gasteiger partial charge in [0.15, 0.2) is 11.5 Å². The SMILES string of the molecule is COc1cc(N)ccc1OC1CCOC2(CCCC2)C1. The third-order valence-electron chi connectivity index (χ3n) is 4.44. The minimum absolute atomic E-state index is 0.0734. The second-order valence-electron chi connectivity index (χ2n) is 5.88. The quantitative estimate of drug-likeness (QED) is 0.862. The molecule has 1 saturated heterocycles. The largest absolute Gasteiger partial charge is 0.493 e. The highest BCUT2D eigenvalue weighted by atomic mass is 16.5. The number of nitrogens with two attached hydrogens (primary N) is 1. The van der Waals surface area contributed by atoms with Gasteiger partial charge in [-0.05, 0) is 25.0 Å². The van der Waals surface area contributed by atoms with E-state index < -0.39 is 0 Å². The summed E-state index contributed by atoms with van der Waals surface area (Å²) in [6, 6.07) is 5.55. The first-order chi connectivity index (χ1) is 9.71. The van der Waals surface area contributed by atoms with Gasteiger partial charge in [-0.1, -0.05) is 12.8 Å². The molecule has 1 aromatic carbocycles. The third-order valence-corrected chi connectivity index (χ3v) is 4.44. The van der Waals surface area contributed by atoms with Crippen LogP contribution in [-0.2, 0) is 4.74 Å². The van der Waals surface area contributed by atoms with E-state index in [1.54, 1.807) is 13.2 Å². The van der Waals surface area contributed by atoms with E-state index in [1.807, 2.05) is 12.1 Å². The van der Waals surface area contributed by atoms with Crippen molar-refractivity contribution < 1.29 is 14.2 Å². The molecule has 1 heterocycles. The molecule has 2 aliphatic rings. The van der Waals surface area contributed by atoms with Gasteiger partial charge in [0.05, 0.1) is 19.3 Å². The molecule has 3 rings (SSSR count). The predicted molar refractivity (Wildman–Crippen MR) is 78.2 cm³/mol. The lowest BCUT2D eigenvalue weighted by Crippen LogP contribution is -2.41. The van der Waals surface area contributed by atoms with Crippen LogP contribution < -0.4 is 15.2 Å². The maximum Gasteiger partial charge on any atom is 0.162 e. The van der Waals surface area contributed by atoms with E-state index in [2.05, 4.69) is 0 Å². The van der Waals surface area contributed by atoms with Gasteiger partial charge in [0, 0.05) is 24.6 Å². The van der Waals surface area contributed by atoms with E-state index in [1.165, 1.54) is 25.7 Å². The van der Waals surface area contributed by atoms with Crippen molar-refractivity contribution in [2.24, 2.45) is 0 Å². The molecule has 0 radical (unpaired) electrons. The fourth-order valence-corrected chi connectivity index (χ4v) is 3.41. The number of methoxy groups -OCH3 is 1. The summed E-state index contributed by atoms with van der Waals surface area (Å²) in [5.41, 5.74) is 6.54. The van der Waals surface area contributed by atoms with E-state index in [-0.39, 0.29) is 11.7 Å². The van der Waals surface area contributed by atoms with Crippen molar-refractivity contribution in [2.75, 3.05) is 19.5 Å². The zero-order chi connectivity index (χ0) is 14.0. The number of hydrogen-bond acceptors (Lipinski definition) is 4. The van der Waals surface area contributed by atoms with Crippen LogP contribution in [0.3, 0.4) is 0 Å². The van der Waals surface area contributed by atoms with Crippen molar-refractivity contribution in [1.29, 1.82) is 0 Å². The molecule has 0 bridgehead atoms. The second-order valence-corrected chi connectivity index (χ2v) is 5.88. The second kappa shape index (κ2) is 5.52. The van der Waals surface area contributed by atoms with E-state index in [4.69, 9.17) is 19.9 Å². The minimum atomic E-state index is 0.0734. The Kier molecular flexibility index (Phi) is 3.74. The van der Waals surface area contributed by atoms with Gasteiger partial charge in [-0.2, -0.15) is 0 Å². The Bertz CT molecular complexity index is 469. The summed E-state index contributed by atoms with van der Waals surface area (Å²) >= 11 is 0. The average Bonchev–Trinajstić information content (AvgIpc) is 2.89. The molecular weight excluding hydrogens is 254 g/mol. The Morgan fingerprint density at radius 3 is 2.80 bits per heavy atom. The molecule has 1 atom stereocenters. The van der Waals surface area contributed by atoms with Gasteiger partial charge in [0.1, 0.15) is 6.10 Å². The Hall–Kier alpha value is -1.42. The molecule has 0 amide bonds. The van der Waals surface area contributed by atoms with Gasteiger partial charge in [-0.3, -0.25) is 0 Å². The van der Waals surface area contributed by atoms with Gasteiger partial charge in [-0.25, -0.2) is 0 Å². The standard InChI is InChI=1S/C16H23NO3/c1-18-15-10-12(17)4-5-14(15)20-13-6-9-19-16(11-13)7-2-3-8-16/h4-5,10,13H,2-3,6-9,11,17H2,1H3. The van der Waals surface area contributed by atoms with Crippen molar-refractivity contribution in [2.45, 2.75) is 50.2 Å². The van der Waals surface area contributed by atoms with Crippen LogP contribution in [0, 0.1) is 0 Å². The Labute approximate surface area is 120 Å². The van der Waals surface area contributed by atoms with Gasteiger partial charge in [0.25, 0.3) is 0 Å². The van der Waals surface area contributed by atoms with Crippen LogP contribution in [-0.4, -0.2) is 25.4 Å². The molecule has 4 heteroatoms. The van der Waals surface area contributed by atoms with E-state index in [0.29, 0.717) is 11.4 Å². The van der Waals surface area contributed by atoms with Crippen molar-refractivity contribution in [3.63, 3.8) is 0 Å². The van der Waals surface area contributed by atoms with Gasteiger partial charge < -0.3 is 19.9 Å². The van der Waals surface area contributed by atoms with E-state index in [9.17, 15) is 0 Å². The molecular formula is C16H23NO3. The highest BCUT2D eigenvalue weighted by Crippen LogP contribution is 2.41. The highest BCUT2D eigenvalue weighted by molar-refractivity contribution is 5.52. The van der Waals surface area contributed by atoms with Crippen LogP contribution in [0.2, 0.25) is 0 Å². The lowest BCUT2D eigenvalue weighted by Gasteiger charge is -2.38. The summed E-state index contributed by atoms with van der Waals surface area (Å²) < 4.78 is 17.5. The molecule has 4 nitrogen and oxygen atoms in total. The minimum Gasteiger partial charge on any atom is -0.493 e. The van der Waals surface area contributed by atoms with Gasteiger partial charge in [-0.15, -0.1) is 0 Å². The molecule has 2 N–H and O–H groups in total. The summed E-state index contributed by atoms with van der Waals surface area (Å²) in [6.45, 7) is 0.794. The first kappa shape index (κ1) is 13.6. The summed E-state index contributed by atoms with van der Waals surface area (Å²) in [7, 11) is 1.64. The van der Waals surface area contributed by atoms with Crippen LogP contribution >= 0.6 is 0 Å². The first-order valence-electron chi connectivity index (χ1n) is 7.45. The molecule has 1 aliphatic carbocycles. The lowest BCUT2D eigenvalue weighted by molar-refractivity contribution is -0.108. The van der Waals surface area contributed by atoms with Crippen molar-refractivity contribution in [3.05, 3.63) is 18.2 Å². The fraction of sp³-hybridized carbons (Fsp3) is 0.625. The monoisotopic (exact) mass is 277 g/mol. The molecule has 2 fully saturated rings. The van der Waals surface area contributed by atoms with Crippen LogP contribution in [0.15, 0.2) is 18.2 Å². The zero-order valence-corrected chi connectivity index (χ0v) is 12.1. The van der Waals surface area contributed by atoms with E-state index >= 15 is 0 Å². The summed E-state index contributed by atoms with van der Waals surface area (Å²) in [6.07, 6.45) is 7.03. The predicted octanol–water partition coefficient (Wildman–Crippen LogP) is 3.15. The molecule has 1 aliphatic heterocycles. The molecule has 0 aromatic heterocycles.